The zero-order chi connectivity index (χ0) is 16.0. The third-order valence-corrected chi connectivity index (χ3v) is 2.16. The minimum atomic E-state index is -4.60. The van der Waals surface area contributed by atoms with Crippen LogP contribution >= 0.6 is 0 Å². The van der Waals surface area contributed by atoms with Crippen molar-refractivity contribution in [3.8, 4) is 17.9 Å². The molecule has 1 rings (SSSR count). The topological polar surface area (TPSA) is 81.2 Å². The molecule has 0 aliphatic carbocycles. The highest BCUT2D eigenvalue weighted by Gasteiger charge is 2.35. The molecule has 1 aromatic carbocycles. The summed E-state index contributed by atoms with van der Waals surface area (Å²) in [6.07, 6.45) is -5.01. The maximum atomic E-state index is 13.0. The van der Waals surface area contributed by atoms with Gasteiger partial charge in [-0.3, -0.25) is 5.43 Å². The molecule has 0 aliphatic heterocycles. The summed E-state index contributed by atoms with van der Waals surface area (Å²) in [6, 6.07) is 6.23. The van der Waals surface area contributed by atoms with Crippen LogP contribution in [0.1, 0.15) is 19.4 Å². The number of hydrogen-bond acceptors (Lipinski definition) is 5. The second-order valence-corrected chi connectivity index (χ2v) is 4.17. The van der Waals surface area contributed by atoms with Crippen molar-refractivity contribution in [3.05, 3.63) is 23.8 Å². The fourth-order valence-electron chi connectivity index (χ4n) is 1.37. The molecular formula is C13H11F3N4O. The number of halogens is 3. The third-order valence-electron chi connectivity index (χ3n) is 2.16. The van der Waals surface area contributed by atoms with Crippen LogP contribution in [-0.4, -0.2) is 11.8 Å². The van der Waals surface area contributed by atoms with Crippen LogP contribution < -0.4 is 10.2 Å². The van der Waals surface area contributed by atoms with Crippen LogP contribution in [0.15, 0.2) is 23.3 Å². The first-order chi connectivity index (χ1) is 9.77. The van der Waals surface area contributed by atoms with Gasteiger partial charge in [0.2, 0.25) is 5.71 Å². The highest BCUT2D eigenvalue weighted by atomic mass is 19.4. The van der Waals surface area contributed by atoms with Crippen LogP contribution in [0.3, 0.4) is 0 Å². The van der Waals surface area contributed by atoms with Crippen molar-refractivity contribution in [2.45, 2.75) is 26.1 Å². The van der Waals surface area contributed by atoms with Crippen molar-refractivity contribution in [3.63, 3.8) is 0 Å². The molecule has 0 unspecified atom stereocenters. The molecule has 1 aromatic rings. The first kappa shape index (κ1) is 16.3. The molecule has 0 heterocycles. The molecule has 0 atom stereocenters. The van der Waals surface area contributed by atoms with Gasteiger partial charge in [-0.1, -0.05) is 0 Å². The van der Waals surface area contributed by atoms with E-state index in [-0.39, 0.29) is 11.4 Å². The minimum absolute atomic E-state index is 0.0126. The SMILES string of the molecule is CC(C)Oc1ccc(NN=C(C#N)C#N)cc1C(F)(F)F. The molecule has 8 heteroatoms. The fourth-order valence-corrected chi connectivity index (χ4v) is 1.37. The molecule has 0 saturated carbocycles. The zero-order valence-electron chi connectivity index (χ0n) is 11.2. The van der Waals surface area contributed by atoms with Crippen LogP contribution in [-0.2, 0) is 6.18 Å². The molecule has 0 fully saturated rings. The molecule has 21 heavy (non-hydrogen) atoms. The Morgan fingerprint density at radius 3 is 2.38 bits per heavy atom. The Balaban J connectivity index is 3.15. The summed E-state index contributed by atoms with van der Waals surface area (Å²) in [6.45, 7) is 3.23. The largest absolute Gasteiger partial charge is 0.490 e. The second kappa shape index (κ2) is 6.62. The summed E-state index contributed by atoms with van der Waals surface area (Å²) in [7, 11) is 0. The van der Waals surface area contributed by atoms with Gasteiger partial charge in [0.1, 0.15) is 17.9 Å². The number of ether oxygens (including phenoxy) is 1. The zero-order valence-corrected chi connectivity index (χ0v) is 11.2. The number of nitrogens with one attached hydrogen (secondary N) is 1. The summed E-state index contributed by atoms with van der Waals surface area (Å²) in [5.74, 6) is -0.298. The summed E-state index contributed by atoms with van der Waals surface area (Å²) >= 11 is 0. The van der Waals surface area contributed by atoms with Crippen molar-refractivity contribution in [2.75, 3.05) is 5.43 Å². The van der Waals surface area contributed by atoms with E-state index in [1.54, 1.807) is 13.8 Å². The van der Waals surface area contributed by atoms with Crippen molar-refractivity contribution >= 4 is 11.4 Å². The van der Waals surface area contributed by atoms with Gasteiger partial charge in [0, 0.05) is 0 Å². The first-order valence-corrected chi connectivity index (χ1v) is 5.79. The molecule has 0 saturated heterocycles. The molecule has 0 radical (unpaired) electrons. The minimum Gasteiger partial charge on any atom is -0.490 e. The molecule has 5 nitrogen and oxygen atoms in total. The second-order valence-electron chi connectivity index (χ2n) is 4.17. The summed E-state index contributed by atoms with van der Waals surface area (Å²) in [5, 5.41) is 20.4. The first-order valence-electron chi connectivity index (χ1n) is 5.79. The van der Waals surface area contributed by atoms with Crippen LogP contribution in [0, 0.1) is 22.7 Å². The molecule has 110 valence electrons. The monoisotopic (exact) mass is 296 g/mol. The lowest BCUT2D eigenvalue weighted by Gasteiger charge is -2.17. The Labute approximate surface area is 119 Å². The lowest BCUT2D eigenvalue weighted by atomic mass is 10.1. The van der Waals surface area contributed by atoms with Crippen molar-refractivity contribution in [1.29, 1.82) is 10.5 Å². The molecule has 0 bridgehead atoms. The van der Waals surface area contributed by atoms with E-state index < -0.39 is 23.6 Å². The number of nitrogens with zero attached hydrogens (tertiary/aromatic N) is 3. The fraction of sp³-hybridized carbons (Fsp3) is 0.308. The molecule has 0 aliphatic rings. The van der Waals surface area contributed by atoms with Gasteiger partial charge in [0.15, 0.2) is 0 Å². The maximum Gasteiger partial charge on any atom is 0.420 e. The number of hydrogen-bond donors (Lipinski definition) is 1. The lowest BCUT2D eigenvalue weighted by molar-refractivity contribution is -0.139. The smallest absolute Gasteiger partial charge is 0.420 e. The van der Waals surface area contributed by atoms with Crippen LogP contribution in [0.25, 0.3) is 0 Å². The van der Waals surface area contributed by atoms with Crippen LogP contribution in [0.4, 0.5) is 18.9 Å². The van der Waals surface area contributed by atoms with E-state index in [4.69, 9.17) is 15.3 Å². The highest BCUT2D eigenvalue weighted by Crippen LogP contribution is 2.38. The van der Waals surface area contributed by atoms with Gasteiger partial charge < -0.3 is 4.74 Å². The molecule has 0 spiro atoms. The quantitative estimate of drug-likeness (QED) is 0.682. The Hall–Kier alpha value is -2.74. The predicted octanol–water partition coefficient (Wildman–Crippen LogP) is 3.31. The van der Waals surface area contributed by atoms with Gasteiger partial charge in [-0.2, -0.15) is 28.8 Å². The van der Waals surface area contributed by atoms with Crippen LogP contribution in [0.2, 0.25) is 0 Å². The Kier molecular flexibility index (Phi) is 5.14. The van der Waals surface area contributed by atoms with E-state index in [9.17, 15) is 13.2 Å². The predicted molar refractivity (Wildman–Crippen MR) is 69.5 cm³/mol. The number of benzene rings is 1. The number of hydrazone groups is 1. The van der Waals surface area contributed by atoms with Gasteiger partial charge in [-0.25, -0.2) is 0 Å². The van der Waals surface area contributed by atoms with Crippen molar-refractivity contribution < 1.29 is 17.9 Å². The third kappa shape index (κ3) is 4.69. The van der Waals surface area contributed by atoms with Gasteiger partial charge >= 0.3 is 6.18 Å². The normalized spacial score (nSPS) is 10.5. The number of anilines is 1. The number of nitriles is 2. The lowest BCUT2D eigenvalue weighted by Crippen LogP contribution is -2.13. The maximum absolute atomic E-state index is 13.0. The Morgan fingerprint density at radius 1 is 1.29 bits per heavy atom. The number of rotatable bonds is 4. The van der Waals surface area contributed by atoms with Gasteiger partial charge in [0.05, 0.1) is 17.4 Å². The molecule has 0 amide bonds. The van der Waals surface area contributed by atoms with E-state index in [2.05, 4.69) is 10.5 Å². The molecule has 0 aromatic heterocycles. The van der Waals surface area contributed by atoms with Crippen molar-refractivity contribution in [2.24, 2.45) is 5.10 Å². The van der Waals surface area contributed by atoms with E-state index in [0.29, 0.717) is 0 Å². The Morgan fingerprint density at radius 2 is 1.90 bits per heavy atom. The Bertz CT molecular complexity index is 608. The van der Waals surface area contributed by atoms with E-state index in [0.717, 1.165) is 12.1 Å². The van der Waals surface area contributed by atoms with E-state index >= 15 is 0 Å². The summed E-state index contributed by atoms with van der Waals surface area (Å²) in [5.41, 5.74) is 0.754. The molecular weight excluding hydrogens is 285 g/mol. The summed E-state index contributed by atoms with van der Waals surface area (Å²) < 4.78 is 44.0. The standard InChI is InChI=1S/C13H11F3N4O/c1-8(2)21-12-4-3-9(5-11(12)13(14,15)16)19-20-10(6-17)7-18/h3-5,8,19H,1-2H3. The average molecular weight is 296 g/mol. The van der Waals surface area contributed by atoms with Gasteiger partial charge in [0.25, 0.3) is 0 Å². The van der Waals surface area contributed by atoms with Gasteiger partial charge in [-0.15, -0.1) is 0 Å². The highest BCUT2D eigenvalue weighted by molar-refractivity contribution is 6.10. The average Bonchev–Trinajstić information content (AvgIpc) is 2.39. The van der Waals surface area contributed by atoms with Gasteiger partial charge in [-0.05, 0) is 32.0 Å². The van der Waals surface area contributed by atoms with E-state index in [1.807, 2.05) is 0 Å². The molecule has 1 N–H and O–H groups in total. The van der Waals surface area contributed by atoms with Crippen LogP contribution in [0.5, 0.6) is 5.75 Å². The van der Waals surface area contributed by atoms with E-state index in [1.165, 1.54) is 18.2 Å². The van der Waals surface area contributed by atoms with Crippen molar-refractivity contribution in [1.82, 2.24) is 0 Å². The summed E-state index contributed by atoms with van der Waals surface area (Å²) in [4.78, 5) is 0. The number of alkyl halides is 3.